The molecule has 3 unspecified atom stereocenters. The molecule has 17 heavy (non-hydrogen) atoms. The number of thiophene rings is 1. The van der Waals surface area contributed by atoms with Crippen LogP contribution in [0.5, 0.6) is 0 Å². The number of hydrogen-bond acceptors (Lipinski definition) is 3. The highest BCUT2D eigenvalue weighted by molar-refractivity contribution is 7.10. The zero-order valence-electron chi connectivity index (χ0n) is 10.3. The Hall–Kier alpha value is -0.870. The second-order valence-electron chi connectivity index (χ2n) is 4.82. The first-order valence-corrected chi connectivity index (χ1v) is 7.01. The van der Waals surface area contributed by atoms with Gasteiger partial charge in [0.1, 0.15) is 0 Å². The van der Waals surface area contributed by atoms with E-state index in [1.807, 2.05) is 6.92 Å². The zero-order valence-corrected chi connectivity index (χ0v) is 11.1. The van der Waals surface area contributed by atoms with E-state index in [4.69, 9.17) is 5.11 Å². The van der Waals surface area contributed by atoms with Gasteiger partial charge in [-0.25, -0.2) is 0 Å². The number of carbonyl (C=O) groups is 1. The van der Waals surface area contributed by atoms with Crippen LogP contribution in [-0.4, -0.2) is 29.1 Å². The Morgan fingerprint density at radius 2 is 2.41 bits per heavy atom. The first-order valence-electron chi connectivity index (χ1n) is 6.13. The Balaban J connectivity index is 2.10. The maximum Gasteiger partial charge on any atom is 0.308 e. The number of hydrogen-bond donors (Lipinski definition) is 1. The normalized spacial score (nSPS) is 27.2. The number of likely N-dealkylation sites (tertiary alicyclic amines) is 1. The molecular formula is C13H19NO2S. The van der Waals surface area contributed by atoms with Crippen molar-refractivity contribution >= 4 is 17.3 Å². The van der Waals surface area contributed by atoms with Gasteiger partial charge in [-0.3, -0.25) is 9.69 Å². The third kappa shape index (κ3) is 2.53. The number of carboxylic acids is 1. The average Bonchev–Trinajstić information content (AvgIpc) is 2.89. The van der Waals surface area contributed by atoms with Gasteiger partial charge in [-0.15, -0.1) is 11.3 Å². The summed E-state index contributed by atoms with van der Waals surface area (Å²) in [6, 6.07) is 4.61. The highest BCUT2D eigenvalue weighted by atomic mass is 32.1. The van der Waals surface area contributed by atoms with Crippen molar-refractivity contribution in [1.29, 1.82) is 0 Å². The van der Waals surface area contributed by atoms with Gasteiger partial charge >= 0.3 is 5.97 Å². The van der Waals surface area contributed by atoms with Gasteiger partial charge in [0.25, 0.3) is 0 Å². The van der Waals surface area contributed by atoms with E-state index in [1.165, 1.54) is 4.88 Å². The highest BCUT2D eigenvalue weighted by Crippen LogP contribution is 2.34. The molecule has 2 heterocycles. The van der Waals surface area contributed by atoms with Crippen molar-refractivity contribution in [3.63, 3.8) is 0 Å². The molecule has 2 rings (SSSR count). The largest absolute Gasteiger partial charge is 0.481 e. The summed E-state index contributed by atoms with van der Waals surface area (Å²) in [5.74, 6) is -0.605. The summed E-state index contributed by atoms with van der Waals surface area (Å²) >= 11 is 1.76. The van der Waals surface area contributed by atoms with Crippen LogP contribution in [0.2, 0.25) is 0 Å². The second-order valence-corrected chi connectivity index (χ2v) is 5.79. The van der Waals surface area contributed by atoms with Gasteiger partial charge in [-0.1, -0.05) is 19.9 Å². The van der Waals surface area contributed by atoms with E-state index in [0.717, 1.165) is 13.0 Å². The molecule has 0 spiro atoms. The summed E-state index contributed by atoms with van der Waals surface area (Å²) in [4.78, 5) is 14.8. The maximum atomic E-state index is 11.1. The molecule has 3 nitrogen and oxygen atoms in total. The van der Waals surface area contributed by atoms with Gasteiger partial charge in [0.15, 0.2) is 0 Å². The lowest BCUT2D eigenvalue weighted by molar-refractivity contribution is -0.142. The molecule has 1 saturated heterocycles. The molecule has 1 fully saturated rings. The number of nitrogens with zero attached hydrogens (tertiary/aromatic N) is 1. The molecule has 4 heteroatoms. The highest BCUT2D eigenvalue weighted by Gasteiger charge is 2.37. The minimum absolute atomic E-state index is 0.205. The molecule has 0 bridgehead atoms. The van der Waals surface area contributed by atoms with E-state index < -0.39 is 5.97 Å². The molecule has 1 aliphatic rings. The third-order valence-corrected chi connectivity index (χ3v) is 4.63. The predicted octanol–water partition coefficient (Wildman–Crippen LogP) is 2.85. The lowest BCUT2D eigenvalue weighted by Gasteiger charge is -2.25. The summed E-state index contributed by atoms with van der Waals surface area (Å²) in [6.45, 7) is 5.79. The Bertz CT molecular complexity index is 377. The summed E-state index contributed by atoms with van der Waals surface area (Å²) in [5.41, 5.74) is 0. The van der Waals surface area contributed by atoms with Crippen molar-refractivity contribution in [2.24, 2.45) is 11.8 Å². The number of aliphatic carboxylic acids is 1. The monoisotopic (exact) mass is 253 g/mol. The molecule has 1 N–H and O–H groups in total. The van der Waals surface area contributed by atoms with Crippen LogP contribution in [0.1, 0.15) is 31.2 Å². The standard InChI is InChI=1S/C13H19NO2S/c1-3-11(12-5-4-6-17-12)14-7-9(2)10(8-14)13(15)16/h4-6,9-11H,3,7-8H2,1-2H3,(H,15,16). The molecule has 0 aliphatic carbocycles. The Labute approximate surface area is 106 Å². The van der Waals surface area contributed by atoms with Crippen molar-refractivity contribution in [1.82, 2.24) is 4.90 Å². The molecular weight excluding hydrogens is 234 g/mol. The van der Waals surface area contributed by atoms with Crippen molar-refractivity contribution in [2.45, 2.75) is 26.3 Å². The third-order valence-electron chi connectivity index (χ3n) is 3.66. The minimum Gasteiger partial charge on any atom is -0.481 e. The van der Waals surface area contributed by atoms with Crippen molar-refractivity contribution < 1.29 is 9.90 Å². The second kappa shape index (κ2) is 5.19. The molecule has 1 aromatic heterocycles. The fourth-order valence-corrected chi connectivity index (χ4v) is 3.64. The van der Waals surface area contributed by atoms with Gasteiger partial charge < -0.3 is 5.11 Å². The van der Waals surface area contributed by atoms with Gasteiger partial charge in [0.05, 0.1) is 5.92 Å². The molecule has 0 aromatic carbocycles. The number of rotatable bonds is 4. The van der Waals surface area contributed by atoms with E-state index >= 15 is 0 Å². The molecule has 1 aliphatic heterocycles. The van der Waals surface area contributed by atoms with Crippen LogP contribution < -0.4 is 0 Å². The summed E-state index contributed by atoms with van der Waals surface area (Å²) in [5, 5.41) is 11.3. The fraction of sp³-hybridized carbons (Fsp3) is 0.615. The van der Waals surface area contributed by atoms with E-state index in [-0.39, 0.29) is 11.8 Å². The SMILES string of the molecule is CCC(c1cccs1)N1CC(C)C(C(=O)O)C1. The smallest absolute Gasteiger partial charge is 0.308 e. The maximum absolute atomic E-state index is 11.1. The van der Waals surface area contributed by atoms with E-state index in [9.17, 15) is 4.79 Å². The van der Waals surface area contributed by atoms with E-state index in [2.05, 4.69) is 29.3 Å². The lowest BCUT2D eigenvalue weighted by Crippen LogP contribution is -2.27. The van der Waals surface area contributed by atoms with Crippen LogP contribution in [0.4, 0.5) is 0 Å². The van der Waals surface area contributed by atoms with Gasteiger partial charge in [-0.2, -0.15) is 0 Å². The molecule has 0 saturated carbocycles. The Morgan fingerprint density at radius 1 is 1.65 bits per heavy atom. The number of carboxylic acid groups (broad SMARTS) is 1. The van der Waals surface area contributed by atoms with Crippen molar-refractivity contribution in [3.8, 4) is 0 Å². The summed E-state index contributed by atoms with van der Waals surface area (Å²) in [7, 11) is 0. The summed E-state index contributed by atoms with van der Waals surface area (Å²) in [6.07, 6.45) is 1.04. The summed E-state index contributed by atoms with van der Waals surface area (Å²) < 4.78 is 0. The lowest BCUT2D eigenvalue weighted by atomic mass is 9.99. The van der Waals surface area contributed by atoms with Crippen LogP contribution in [-0.2, 0) is 4.79 Å². The molecule has 1 aromatic rings. The minimum atomic E-state index is -0.652. The van der Waals surface area contributed by atoms with Crippen molar-refractivity contribution in [3.05, 3.63) is 22.4 Å². The Kier molecular flexibility index (Phi) is 3.84. The molecule has 0 radical (unpaired) electrons. The Morgan fingerprint density at radius 3 is 2.88 bits per heavy atom. The topological polar surface area (TPSA) is 40.5 Å². The van der Waals surface area contributed by atoms with Gasteiger partial charge in [0, 0.05) is 24.0 Å². The molecule has 0 amide bonds. The molecule has 3 atom stereocenters. The average molecular weight is 253 g/mol. The van der Waals surface area contributed by atoms with E-state index in [0.29, 0.717) is 12.6 Å². The quantitative estimate of drug-likeness (QED) is 0.897. The van der Waals surface area contributed by atoms with Crippen LogP contribution in [0.3, 0.4) is 0 Å². The van der Waals surface area contributed by atoms with Crippen LogP contribution in [0.15, 0.2) is 17.5 Å². The van der Waals surface area contributed by atoms with E-state index in [1.54, 1.807) is 11.3 Å². The van der Waals surface area contributed by atoms with Crippen LogP contribution in [0.25, 0.3) is 0 Å². The first-order chi connectivity index (χ1) is 8.13. The van der Waals surface area contributed by atoms with Crippen molar-refractivity contribution in [2.75, 3.05) is 13.1 Å². The zero-order chi connectivity index (χ0) is 12.4. The molecule has 94 valence electrons. The predicted molar refractivity (Wildman–Crippen MR) is 69.2 cm³/mol. The first kappa shape index (κ1) is 12.6. The van der Waals surface area contributed by atoms with Gasteiger partial charge in [0.2, 0.25) is 0 Å². The van der Waals surface area contributed by atoms with Crippen LogP contribution in [0, 0.1) is 11.8 Å². The van der Waals surface area contributed by atoms with Gasteiger partial charge in [-0.05, 0) is 23.8 Å². The van der Waals surface area contributed by atoms with Crippen LogP contribution >= 0.6 is 11.3 Å². The fourth-order valence-electron chi connectivity index (χ4n) is 2.70.